The lowest BCUT2D eigenvalue weighted by molar-refractivity contribution is -0.137. The molecule has 4 nitrogen and oxygen atoms in total. The summed E-state index contributed by atoms with van der Waals surface area (Å²) < 4.78 is 44.2. The second-order valence-corrected chi connectivity index (χ2v) is 7.86. The number of para-hydroxylation sites is 1. The lowest BCUT2D eigenvalue weighted by Crippen LogP contribution is -2.33. The van der Waals surface area contributed by atoms with E-state index in [1.165, 1.54) is 19.2 Å². The van der Waals surface area contributed by atoms with Gasteiger partial charge in [-0.1, -0.05) is 48.0 Å². The number of alkyl halides is 3. The van der Waals surface area contributed by atoms with Crippen LogP contribution in [-0.2, 0) is 6.18 Å². The Labute approximate surface area is 188 Å². The molecular formula is C24H20ClF3N2O2. The standard InChI is InChI=1S/C24H20ClF3N2O2/c1-32-21-4-2-3-18(22(21)31)20-13-19(14-7-11-17(25)12-8-14)29-23(30-20)15-5-9-16(10-6-15)24(26,27)28/h2-12,20,23,30-31H,13H2,1H3/t20-,23-/m1/s1. The van der Waals surface area contributed by atoms with Crippen molar-refractivity contribution in [3.05, 3.63) is 94.0 Å². The topological polar surface area (TPSA) is 53.8 Å². The van der Waals surface area contributed by atoms with Crippen LogP contribution in [0.15, 0.2) is 71.7 Å². The molecule has 1 aliphatic heterocycles. The van der Waals surface area contributed by atoms with Gasteiger partial charge in [-0.2, -0.15) is 13.2 Å². The van der Waals surface area contributed by atoms with Gasteiger partial charge >= 0.3 is 6.18 Å². The Balaban J connectivity index is 1.74. The minimum absolute atomic E-state index is 0.0102. The van der Waals surface area contributed by atoms with Crippen molar-refractivity contribution >= 4 is 17.3 Å². The molecule has 0 aliphatic carbocycles. The van der Waals surface area contributed by atoms with E-state index in [2.05, 4.69) is 5.32 Å². The smallest absolute Gasteiger partial charge is 0.416 e. The molecule has 3 aromatic carbocycles. The SMILES string of the molecule is COc1cccc([C@H]2CC(c3ccc(Cl)cc3)=N[C@@H](c3ccc(C(F)(F)F)cc3)N2)c1O. The number of aliphatic imine (C=N–C) groups is 1. The summed E-state index contributed by atoms with van der Waals surface area (Å²) in [7, 11) is 1.47. The molecule has 2 atom stereocenters. The summed E-state index contributed by atoms with van der Waals surface area (Å²) in [5.41, 5.74) is 2.07. The van der Waals surface area contributed by atoms with Gasteiger partial charge in [0.1, 0.15) is 6.17 Å². The van der Waals surface area contributed by atoms with Crippen molar-refractivity contribution in [1.29, 1.82) is 0 Å². The van der Waals surface area contributed by atoms with E-state index in [4.69, 9.17) is 21.3 Å². The first kappa shape index (κ1) is 22.2. The second kappa shape index (κ2) is 8.84. The highest BCUT2D eigenvalue weighted by Crippen LogP contribution is 2.39. The number of halogens is 4. The summed E-state index contributed by atoms with van der Waals surface area (Å²) in [6.07, 6.45) is -4.56. The zero-order chi connectivity index (χ0) is 22.9. The highest BCUT2D eigenvalue weighted by molar-refractivity contribution is 6.30. The first-order valence-electron chi connectivity index (χ1n) is 9.88. The number of rotatable bonds is 4. The van der Waals surface area contributed by atoms with E-state index < -0.39 is 17.9 Å². The van der Waals surface area contributed by atoms with Crippen molar-refractivity contribution < 1.29 is 23.0 Å². The van der Waals surface area contributed by atoms with E-state index in [1.54, 1.807) is 30.3 Å². The third kappa shape index (κ3) is 4.59. The molecule has 1 heterocycles. The van der Waals surface area contributed by atoms with E-state index in [-0.39, 0.29) is 11.8 Å². The predicted octanol–water partition coefficient (Wildman–Crippen LogP) is 6.30. The van der Waals surface area contributed by atoms with Crippen LogP contribution >= 0.6 is 11.6 Å². The highest BCUT2D eigenvalue weighted by atomic mass is 35.5. The fourth-order valence-electron chi connectivity index (χ4n) is 3.73. The summed E-state index contributed by atoms with van der Waals surface area (Å²) in [5, 5.41) is 14.6. The van der Waals surface area contributed by atoms with E-state index in [0.717, 1.165) is 23.4 Å². The molecule has 0 unspecified atom stereocenters. The van der Waals surface area contributed by atoms with Gasteiger partial charge in [0.25, 0.3) is 0 Å². The third-order valence-corrected chi connectivity index (χ3v) is 5.65. The van der Waals surface area contributed by atoms with Gasteiger partial charge in [0.2, 0.25) is 0 Å². The lowest BCUT2D eigenvalue weighted by Gasteiger charge is -2.31. The Morgan fingerprint density at radius 3 is 2.34 bits per heavy atom. The summed E-state index contributed by atoms with van der Waals surface area (Å²) in [5.74, 6) is 0.349. The van der Waals surface area contributed by atoms with E-state index in [9.17, 15) is 18.3 Å². The third-order valence-electron chi connectivity index (χ3n) is 5.40. The highest BCUT2D eigenvalue weighted by Gasteiger charge is 2.32. The van der Waals surface area contributed by atoms with Crippen LogP contribution in [0.1, 0.15) is 40.9 Å². The number of nitrogens with one attached hydrogen (secondary N) is 1. The molecule has 0 fully saturated rings. The number of phenols is 1. The Morgan fingerprint density at radius 1 is 1.03 bits per heavy atom. The molecule has 4 rings (SSSR count). The van der Waals surface area contributed by atoms with Crippen LogP contribution in [0.5, 0.6) is 11.5 Å². The number of benzene rings is 3. The quantitative estimate of drug-likeness (QED) is 0.480. The van der Waals surface area contributed by atoms with Gasteiger partial charge in [-0.15, -0.1) is 0 Å². The minimum Gasteiger partial charge on any atom is -0.504 e. The number of ether oxygens (including phenoxy) is 1. The number of methoxy groups -OCH3 is 1. The van der Waals surface area contributed by atoms with E-state index in [0.29, 0.717) is 28.3 Å². The monoisotopic (exact) mass is 460 g/mol. The van der Waals surface area contributed by atoms with Gasteiger partial charge in [0.05, 0.1) is 12.7 Å². The normalized spacial score (nSPS) is 18.8. The lowest BCUT2D eigenvalue weighted by atomic mass is 9.93. The average molecular weight is 461 g/mol. The maximum absolute atomic E-state index is 13.0. The van der Waals surface area contributed by atoms with Crippen LogP contribution < -0.4 is 10.1 Å². The minimum atomic E-state index is -4.41. The van der Waals surface area contributed by atoms with Crippen LogP contribution in [0, 0.1) is 0 Å². The molecule has 0 radical (unpaired) electrons. The molecule has 0 bridgehead atoms. The van der Waals surface area contributed by atoms with Gasteiger partial charge in [0, 0.05) is 28.8 Å². The molecule has 166 valence electrons. The summed E-state index contributed by atoms with van der Waals surface area (Å²) in [4.78, 5) is 4.76. The van der Waals surface area contributed by atoms with Crippen LogP contribution in [-0.4, -0.2) is 17.9 Å². The molecule has 8 heteroatoms. The molecular weight excluding hydrogens is 441 g/mol. The number of aromatic hydroxyl groups is 1. The molecule has 0 spiro atoms. The fraction of sp³-hybridized carbons (Fsp3) is 0.208. The molecule has 2 N–H and O–H groups in total. The van der Waals surface area contributed by atoms with Crippen LogP contribution in [0.25, 0.3) is 0 Å². The Hall–Kier alpha value is -3.03. The summed E-state index contributed by atoms with van der Waals surface area (Å²) in [6, 6.07) is 17.0. The maximum atomic E-state index is 13.0. The van der Waals surface area contributed by atoms with Crippen LogP contribution in [0.2, 0.25) is 5.02 Å². The average Bonchev–Trinajstić information content (AvgIpc) is 2.79. The van der Waals surface area contributed by atoms with Gasteiger partial charge in [-0.3, -0.25) is 10.3 Å². The molecule has 1 aliphatic rings. The van der Waals surface area contributed by atoms with Crippen molar-refractivity contribution in [3.63, 3.8) is 0 Å². The molecule has 0 aromatic heterocycles. The zero-order valence-corrected chi connectivity index (χ0v) is 17.8. The number of phenolic OH excluding ortho intramolecular Hbond substituents is 1. The van der Waals surface area contributed by atoms with Crippen molar-refractivity contribution in [2.45, 2.75) is 24.8 Å². The maximum Gasteiger partial charge on any atom is 0.416 e. The van der Waals surface area contributed by atoms with Crippen LogP contribution in [0.4, 0.5) is 13.2 Å². The van der Waals surface area contributed by atoms with Crippen molar-refractivity contribution in [2.75, 3.05) is 7.11 Å². The van der Waals surface area contributed by atoms with Crippen molar-refractivity contribution in [2.24, 2.45) is 4.99 Å². The van der Waals surface area contributed by atoms with Gasteiger partial charge in [-0.05, 0) is 41.5 Å². The van der Waals surface area contributed by atoms with Crippen molar-refractivity contribution in [3.8, 4) is 11.5 Å². The largest absolute Gasteiger partial charge is 0.504 e. The summed E-state index contributed by atoms with van der Waals surface area (Å²) in [6.45, 7) is 0. The number of hydrogen-bond acceptors (Lipinski definition) is 4. The Bertz CT molecular complexity index is 1130. The summed E-state index contributed by atoms with van der Waals surface area (Å²) >= 11 is 6.01. The molecule has 0 saturated heterocycles. The van der Waals surface area contributed by atoms with Gasteiger partial charge < -0.3 is 9.84 Å². The molecule has 3 aromatic rings. The first-order valence-corrected chi connectivity index (χ1v) is 10.3. The number of hydrogen-bond donors (Lipinski definition) is 2. The zero-order valence-electron chi connectivity index (χ0n) is 17.0. The second-order valence-electron chi connectivity index (χ2n) is 7.43. The van der Waals surface area contributed by atoms with Crippen LogP contribution in [0.3, 0.4) is 0 Å². The van der Waals surface area contributed by atoms with E-state index >= 15 is 0 Å². The Kier molecular flexibility index (Phi) is 6.13. The number of nitrogens with zero attached hydrogens (tertiary/aromatic N) is 1. The molecule has 0 amide bonds. The van der Waals surface area contributed by atoms with E-state index in [1.807, 2.05) is 12.1 Å². The first-order chi connectivity index (χ1) is 15.3. The molecule has 32 heavy (non-hydrogen) atoms. The fourth-order valence-corrected chi connectivity index (χ4v) is 3.86. The van der Waals surface area contributed by atoms with Gasteiger partial charge in [-0.25, -0.2) is 0 Å². The predicted molar refractivity (Wildman–Crippen MR) is 117 cm³/mol. The van der Waals surface area contributed by atoms with Crippen molar-refractivity contribution in [1.82, 2.24) is 5.32 Å². The van der Waals surface area contributed by atoms with Gasteiger partial charge in [0.15, 0.2) is 11.5 Å². The molecule has 0 saturated carbocycles. The Morgan fingerprint density at radius 2 is 1.72 bits per heavy atom.